The van der Waals surface area contributed by atoms with Crippen LogP contribution in [0.15, 0.2) is 24.0 Å². The number of aliphatic hydroxyl groups is 2. The Balaban J connectivity index is 0.000000698. The number of carbonyl (C=O) groups excluding carboxylic acids is 3. The smallest absolute Gasteiger partial charge is 0.490 e. The zero-order chi connectivity index (χ0) is 36.6. The second-order valence-corrected chi connectivity index (χ2v) is 12.3. The van der Waals surface area contributed by atoms with E-state index in [4.69, 9.17) is 34.0 Å². The minimum Gasteiger partial charge on any atom is -0.493 e. The number of nitrogens with one attached hydrogen (secondary N) is 1. The Morgan fingerprint density at radius 3 is 2.37 bits per heavy atom. The molecule has 1 aromatic rings. The fourth-order valence-electron chi connectivity index (χ4n) is 6.90. The molecule has 5 rings (SSSR count). The first kappa shape index (κ1) is 37.4. The quantitative estimate of drug-likeness (QED) is 0.213. The lowest BCUT2D eigenvalue weighted by atomic mass is 9.50. The molecule has 2 bridgehead atoms. The third kappa shape index (κ3) is 6.89. The number of ether oxygens (including phenoxy) is 4. The van der Waals surface area contributed by atoms with Crippen LogP contribution < -0.4 is 14.8 Å². The van der Waals surface area contributed by atoms with Crippen molar-refractivity contribution >= 4 is 29.8 Å². The number of halogens is 3. The number of hydrogen-bond acceptors (Lipinski definition) is 12. The van der Waals surface area contributed by atoms with Gasteiger partial charge in [-0.3, -0.25) is 9.59 Å². The molecule has 270 valence electrons. The number of carboxylic acid groups (broad SMARTS) is 2. The Bertz CT molecular complexity index is 1550. The van der Waals surface area contributed by atoms with Gasteiger partial charge < -0.3 is 49.6 Å². The first-order valence-corrected chi connectivity index (χ1v) is 15.2. The SMILES string of the molecule is COc1ccc2c3c1O[C@H]1C(OC(=O)C(C)OC(=O)C(CCC(=O)O)NC(=O)C(C)O)=CC[C@@]4(O)[C@@H](C2)N(C)CC[C@]314.O=C(O)C(F)(F)F. The van der Waals surface area contributed by atoms with Gasteiger partial charge in [-0.25, -0.2) is 14.4 Å². The van der Waals surface area contributed by atoms with E-state index in [1.807, 2.05) is 19.2 Å². The molecule has 1 fully saturated rings. The van der Waals surface area contributed by atoms with E-state index in [9.17, 15) is 42.6 Å². The molecule has 15 nitrogen and oxygen atoms in total. The minimum atomic E-state index is -5.08. The third-order valence-corrected chi connectivity index (χ3v) is 9.27. The Labute approximate surface area is 277 Å². The van der Waals surface area contributed by atoms with E-state index in [0.717, 1.165) is 11.1 Å². The van der Waals surface area contributed by atoms with Gasteiger partial charge in [-0.2, -0.15) is 13.2 Å². The van der Waals surface area contributed by atoms with Gasteiger partial charge in [-0.05, 0) is 64.4 Å². The van der Waals surface area contributed by atoms with Crippen LogP contribution in [0.1, 0.15) is 50.7 Å². The number of methoxy groups -OCH3 is 1. The molecule has 49 heavy (non-hydrogen) atoms. The monoisotopic (exact) mass is 702 g/mol. The van der Waals surface area contributed by atoms with Crippen LogP contribution >= 0.6 is 0 Å². The van der Waals surface area contributed by atoms with E-state index in [1.165, 1.54) is 21.0 Å². The number of alkyl halides is 3. The summed E-state index contributed by atoms with van der Waals surface area (Å²) in [6.45, 7) is 3.17. The number of likely N-dealkylation sites (N-methyl/N-ethyl adjacent to an activating group) is 1. The van der Waals surface area contributed by atoms with Crippen molar-refractivity contribution < 1.29 is 76.5 Å². The van der Waals surface area contributed by atoms with Crippen molar-refractivity contribution in [3.63, 3.8) is 0 Å². The molecule has 18 heteroatoms. The summed E-state index contributed by atoms with van der Waals surface area (Å²) in [4.78, 5) is 60.1. The summed E-state index contributed by atoms with van der Waals surface area (Å²) >= 11 is 0. The number of aliphatic hydroxyl groups excluding tert-OH is 1. The Morgan fingerprint density at radius 1 is 1.14 bits per heavy atom. The lowest BCUT2D eigenvalue weighted by Crippen LogP contribution is -2.74. The molecular formula is C31H37F3N2O13. The zero-order valence-corrected chi connectivity index (χ0v) is 26.9. The number of aliphatic carboxylic acids is 2. The maximum absolute atomic E-state index is 13.2. The van der Waals surface area contributed by atoms with Crippen LogP contribution in [0.4, 0.5) is 13.2 Å². The molecule has 1 spiro atoms. The molecule has 0 saturated carbocycles. The van der Waals surface area contributed by atoms with Crippen molar-refractivity contribution in [1.82, 2.24) is 10.2 Å². The molecule has 7 atom stereocenters. The van der Waals surface area contributed by atoms with Crippen LogP contribution in [0.25, 0.3) is 0 Å². The number of esters is 2. The van der Waals surface area contributed by atoms with Crippen LogP contribution in [-0.4, -0.2) is 118 Å². The fraction of sp³-hybridized carbons (Fsp3) is 0.581. The molecule has 2 aliphatic heterocycles. The van der Waals surface area contributed by atoms with Gasteiger partial charge in [-0.15, -0.1) is 0 Å². The first-order valence-electron chi connectivity index (χ1n) is 15.2. The van der Waals surface area contributed by atoms with Gasteiger partial charge in [0, 0.05) is 24.4 Å². The van der Waals surface area contributed by atoms with Gasteiger partial charge >= 0.3 is 30.1 Å². The first-order chi connectivity index (χ1) is 22.8. The van der Waals surface area contributed by atoms with Crippen molar-refractivity contribution in [3.05, 3.63) is 35.1 Å². The van der Waals surface area contributed by atoms with Crippen LogP contribution in [0.2, 0.25) is 0 Å². The molecule has 4 aliphatic rings. The van der Waals surface area contributed by atoms with Crippen LogP contribution in [0.5, 0.6) is 11.5 Å². The standard InChI is InChI=1S/C29H36N2O11.C2HF3O2/c1-14(32)25(35)30-17(6-8-21(33)34)27(37)40-15(2)26(36)41-19-9-10-29(38)20-13-16-5-7-18(39-4)23-22(16)28(29,24(19)42-23)11-12-31(20)3;3-2(4,5)1(6)7/h5,7,9,14-15,17,20,24,32,38H,6,8,10-13H2,1-4H3,(H,30,35)(H,33,34);(H,6,7)/t14?,15?,17?,20-,24+,28+,29-;/m1./s1. The van der Waals surface area contributed by atoms with E-state index >= 15 is 0 Å². The van der Waals surface area contributed by atoms with Gasteiger partial charge in [0.15, 0.2) is 23.7 Å². The number of hydrogen-bond donors (Lipinski definition) is 5. The van der Waals surface area contributed by atoms with E-state index < -0.39 is 77.8 Å². The molecule has 1 aromatic carbocycles. The Hall–Kier alpha value is -4.42. The van der Waals surface area contributed by atoms with Crippen molar-refractivity contribution in [3.8, 4) is 11.5 Å². The van der Waals surface area contributed by atoms with Crippen LogP contribution in [0.3, 0.4) is 0 Å². The maximum Gasteiger partial charge on any atom is 0.490 e. The van der Waals surface area contributed by atoms with E-state index in [1.54, 1.807) is 6.08 Å². The summed E-state index contributed by atoms with van der Waals surface area (Å²) in [6, 6.07) is 2.23. The molecule has 2 aliphatic carbocycles. The number of amides is 1. The summed E-state index contributed by atoms with van der Waals surface area (Å²) in [7, 11) is 3.52. The van der Waals surface area contributed by atoms with Crippen LogP contribution in [0, 0.1) is 0 Å². The number of carbonyl (C=O) groups is 5. The maximum atomic E-state index is 13.2. The summed E-state index contributed by atoms with van der Waals surface area (Å²) < 4.78 is 54.8. The number of nitrogens with zero attached hydrogens (tertiary/aromatic N) is 1. The van der Waals surface area contributed by atoms with Gasteiger partial charge in [-0.1, -0.05) is 6.07 Å². The largest absolute Gasteiger partial charge is 0.493 e. The summed E-state index contributed by atoms with van der Waals surface area (Å²) in [5.41, 5.74) is -0.173. The lowest BCUT2D eigenvalue weighted by Gasteiger charge is -2.61. The summed E-state index contributed by atoms with van der Waals surface area (Å²) in [5, 5.41) is 40.1. The molecule has 3 unspecified atom stereocenters. The van der Waals surface area contributed by atoms with Gasteiger partial charge in [0.1, 0.15) is 17.9 Å². The lowest BCUT2D eigenvalue weighted by molar-refractivity contribution is -0.192. The van der Waals surface area contributed by atoms with Crippen molar-refractivity contribution in [2.45, 2.75) is 93.5 Å². The predicted octanol–water partition coefficient (Wildman–Crippen LogP) is 0.812. The van der Waals surface area contributed by atoms with E-state index in [2.05, 4.69) is 10.2 Å². The van der Waals surface area contributed by atoms with Crippen molar-refractivity contribution in [1.29, 1.82) is 0 Å². The normalized spacial score (nSPS) is 26.6. The summed E-state index contributed by atoms with van der Waals surface area (Å²) in [5.74, 6) is -5.61. The molecular weight excluding hydrogens is 665 g/mol. The number of likely N-dealkylation sites (tertiary alicyclic amines) is 1. The average Bonchev–Trinajstić information content (AvgIpc) is 3.37. The van der Waals surface area contributed by atoms with Crippen molar-refractivity contribution in [2.75, 3.05) is 20.7 Å². The number of rotatable bonds is 10. The molecule has 5 N–H and O–H groups in total. The Morgan fingerprint density at radius 2 is 1.80 bits per heavy atom. The fourth-order valence-corrected chi connectivity index (χ4v) is 6.90. The molecule has 2 heterocycles. The van der Waals surface area contributed by atoms with E-state index in [-0.39, 0.29) is 24.6 Å². The highest BCUT2D eigenvalue weighted by Gasteiger charge is 2.72. The highest BCUT2D eigenvalue weighted by atomic mass is 19.4. The topological polar surface area (TPSA) is 218 Å². The highest BCUT2D eigenvalue weighted by Crippen LogP contribution is 2.65. The second kappa shape index (κ2) is 13.8. The number of benzene rings is 1. The average molecular weight is 703 g/mol. The predicted molar refractivity (Wildman–Crippen MR) is 157 cm³/mol. The number of piperidine rings is 1. The second-order valence-electron chi connectivity index (χ2n) is 12.3. The Kier molecular flexibility index (Phi) is 10.6. The van der Waals surface area contributed by atoms with Crippen LogP contribution in [-0.2, 0) is 45.3 Å². The highest BCUT2D eigenvalue weighted by molar-refractivity contribution is 5.88. The summed E-state index contributed by atoms with van der Waals surface area (Å²) in [6.07, 6.45) is -6.55. The molecule has 1 amide bonds. The van der Waals surface area contributed by atoms with E-state index in [0.29, 0.717) is 30.9 Å². The van der Waals surface area contributed by atoms with Gasteiger partial charge in [0.05, 0.1) is 18.1 Å². The zero-order valence-electron chi connectivity index (χ0n) is 26.9. The molecule has 0 radical (unpaired) electrons. The third-order valence-electron chi connectivity index (χ3n) is 9.27. The van der Waals surface area contributed by atoms with Gasteiger partial charge in [0.25, 0.3) is 0 Å². The number of carboxylic acids is 2. The minimum absolute atomic E-state index is 0.183. The molecule has 1 saturated heterocycles. The van der Waals surface area contributed by atoms with Gasteiger partial charge in [0.2, 0.25) is 5.91 Å². The molecule has 0 aromatic heterocycles. The van der Waals surface area contributed by atoms with Crippen molar-refractivity contribution in [2.24, 2.45) is 0 Å².